The van der Waals surface area contributed by atoms with Crippen LogP contribution in [-0.4, -0.2) is 11.7 Å². The molecule has 0 aromatic heterocycles. The van der Waals surface area contributed by atoms with Crippen LogP contribution in [0, 0.1) is 12.7 Å². The van der Waals surface area contributed by atoms with Crippen molar-refractivity contribution in [1.29, 1.82) is 0 Å². The molecule has 2 heteroatoms. The summed E-state index contributed by atoms with van der Waals surface area (Å²) in [4.78, 5) is 0. The van der Waals surface area contributed by atoms with E-state index in [0.717, 1.165) is 11.1 Å². The van der Waals surface area contributed by atoms with Crippen LogP contribution in [0.15, 0.2) is 48.5 Å². The minimum absolute atomic E-state index is 0.0256. The molecule has 0 amide bonds. The largest absolute Gasteiger partial charge is 0.396 e. The molecule has 2 aromatic carbocycles. The molecular formula is C16H17FO. The van der Waals surface area contributed by atoms with Gasteiger partial charge in [-0.2, -0.15) is 0 Å². The van der Waals surface area contributed by atoms with Crippen molar-refractivity contribution in [2.75, 3.05) is 6.61 Å². The van der Waals surface area contributed by atoms with Crippen molar-refractivity contribution in [2.45, 2.75) is 19.3 Å². The van der Waals surface area contributed by atoms with E-state index in [4.69, 9.17) is 0 Å². The smallest absolute Gasteiger partial charge is 0.126 e. The van der Waals surface area contributed by atoms with E-state index < -0.39 is 0 Å². The van der Waals surface area contributed by atoms with Gasteiger partial charge in [0, 0.05) is 5.92 Å². The molecule has 1 unspecified atom stereocenters. The summed E-state index contributed by atoms with van der Waals surface area (Å²) in [6, 6.07) is 14.7. The molecule has 0 fully saturated rings. The number of benzene rings is 2. The number of aliphatic hydroxyl groups is 1. The fourth-order valence-electron chi connectivity index (χ4n) is 2.14. The molecule has 0 aliphatic heterocycles. The van der Waals surface area contributed by atoms with E-state index in [1.165, 1.54) is 6.07 Å². The molecule has 2 aromatic rings. The van der Waals surface area contributed by atoms with Gasteiger partial charge in [0.05, 0.1) is 6.61 Å². The van der Waals surface area contributed by atoms with Gasteiger partial charge in [-0.15, -0.1) is 0 Å². The second-order valence-corrected chi connectivity index (χ2v) is 4.59. The van der Waals surface area contributed by atoms with Crippen LogP contribution in [0.5, 0.6) is 0 Å². The second kappa shape index (κ2) is 5.78. The Morgan fingerprint density at radius 2 is 1.89 bits per heavy atom. The summed E-state index contributed by atoms with van der Waals surface area (Å²) < 4.78 is 13.6. The first-order valence-corrected chi connectivity index (χ1v) is 6.11. The zero-order chi connectivity index (χ0) is 13.0. The molecule has 1 atom stereocenters. The third kappa shape index (κ3) is 2.96. The summed E-state index contributed by atoms with van der Waals surface area (Å²) in [7, 11) is 0. The van der Waals surface area contributed by atoms with Gasteiger partial charge in [0.1, 0.15) is 5.82 Å². The molecule has 94 valence electrons. The molecule has 0 aliphatic rings. The Kier molecular flexibility index (Phi) is 4.11. The Bertz CT molecular complexity index is 522. The highest BCUT2D eigenvalue weighted by atomic mass is 19.1. The highest BCUT2D eigenvalue weighted by Gasteiger charge is 2.13. The predicted molar refractivity (Wildman–Crippen MR) is 71.1 cm³/mol. The molecular weight excluding hydrogens is 227 g/mol. The summed E-state index contributed by atoms with van der Waals surface area (Å²) >= 11 is 0. The van der Waals surface area contributed by atoms with Crippen LogP contribution in [0.3, 0.4) is 0 Å². The number of rotatable bonds is 4. The fourth-order valence-corrected chi connectivity index (χ4v) is 2.14. The maximum atomic E-state index is 13.6. The monoisotopic (exact) mass is 244 g/mol. The second-order valence-electron chi connectivity index (χ2n) is 4.59. The van der Waals surface area contributed by atoms with Gasteiger partial charge in [0.25, 0.3) is 0 Å². The normalized spacial score (nSPS) is 12.4. The summed E-state index contributed by atoms with van der Waals surface area (Å²) in [6.07, 6.45) is 0.520. The maximum absolute atomic E-state index is 13.6. The first-order valence-electron chi connectivity index (χ1n) is 6.11. The predicted octanol–water partition coefficient (Wildman–Crippen LogP) is 3.45. The SMILES string of the molecule is Cc1cccc(C(CO)Cc2ccccc2F)c1. The Balaban J connectivity index is 2.23. The zero-order valence-corrected chi connectivity index (χ0v) is 10.4. The summed E-state index contributed by atoms with van der Waals surface area (Å²) in [5.41, 5.74) is 2.86. The van der Waals surface area contributed by atoms with Crippen LogP contribution in [0.4, 0.5) is 4.39 Å². The van der Waals surface area contributed by atoms with Gasteiger partial charge in [0.15, 0.2) is 0 Å². The van der Waals surface area contributed by atoms with E-state index >= 15 is 0 Å². The molecule has 1 nitrogen and oxygen atoms in total. The van der Waals surface area contributed by atoms with E-state index in [0.29, 0.717) is 12.0 Å². The lowest BCUT2D eigenvalue weighted by Gasteiger charge is -2.15. The number of aliphatic hydroxyl groups excluding tert-OH is 1. The molecule has 1 N–H and O–H groups in total. The molecule has 0 radical (unpaired) electrons. The molecule has 0 saturated heterocycles. The molecule has 18 heavy (non-hydrogen) atoms. The summed E-state index contributed by atoms with van der Waals surface area (Å²) in [5, 5.41) is 9.50. The first kappa shape index (κ1) is 12.8. The van der Waals surface area contributed by atoms with Gasteiger partial charge < -0.3 is 5.11 Å². The number of hydrogen-bond acceptors (Lipinski definition) is 1. The van der Waals surface area contributed by atoms with Crippen molar-refractivity contribution >= 4 is 0 Å². The van der Waals surface area contributed by atoms with Gasteiger partial charge in [-0.05, 0) is 30.5 Å². The molecule has 0 saturated carbocycles. The molecule has 0 bridgehead atoms. The van der Waals surface area contributed by atoms with E-state index in [9.17, 15) is 9.50 Å². The van der Waals surface area contributed by atoms with Crippen molar-refractivity contribution in [1.82, 2.24) is 0 Å². The van der Waals surface area contributed by atoms with Gasteiger partial charge in [-0.25, -0.2) is 4.39 Å². The van der Waals surface area contributed by atoms with Crippen molar-refractivity contribution in [2.24, 2.45) is 0 Å². The van der Waals surface area contributed by atoms with Crippen molar-refractivity contribution in [3.05, 3.63) is 71.0 Å². The standard InChI is InChI=1S/C16H17FO/c1-12-5-4-7-13(9-12)15(11-18)10-14-6-2-3-8-16(14)17/h2-9,15,18H,10-11H2,1H3. The van der Waals surface area contributed by atoms with Crippen LogP contribution in [0.1, 0.15) is 22.6 Å². The van der Waals surface area contributed by atoms with Gasteiger partial charge in [-0.3, -0.25) is 0 Å². The van der Waals surface area contributed by atoms with Crippen LogP contribution in [0.2, 0.25) is 0 Å². The van der Waals surface area contributed by atoms with Crippen molar-refractivity contribution in [3.63, 3.8) is 0 Å². The summed E-state index contributed by atoms with van der Waals surface area (Å²) in [5.74, 6) is -0.259. The number of hydrogen-bond donors (Lipinski definition) is 1. The lowest BCUT2D eigenvalue weighted by molar-refractivity contribution is 0.263. The van der Waals surface area contributed by atoms with Crippen molar-refractivity contribution in [3.8, 4) is 0 Å². The Morgan fingerprint density at radius 3 is 2.56 bits per heavy atom. The fraction of sp³-hybridized carbons (Fsp3) is 0.250. The molecule has 0 aliphatic carbocycles. The van der Waals surface area contributed by atoms with E-state index in [2.05, 4.69) is 0 Å². The quantitative estimate of drug-likeness (QED) is 0.873. The minimum atomic E-state index is -0.205. The number of aryl methyl sites for hydroxylation is 1. The first-order chi connectivity index (χ1) is 8.70. The molecule has 0 heterocycles. The minimum Gasteiger partial charge on any atom is -0.396 e. The number of halogens is 1. The highest BCUT2D eigenvalue weighted by molar-refractivity contribution is 5.28. The highest BCUT2D eigenvalue weighted by Crippen LogP contribution is 2.22. The molecule has 0 spiro atoms. The van der Waals surface area contributed by atoms with Crippen LogP contribution >= 0.6 is 0 Å². The van der Waals surface area contributed by atoms with Gasteiger partial charge in [0.2, 0.25) is 0 Å². The van der Waals surface area contributed by atoms with E-state index in [1.54, 1.807) is 12.1 Å². The van der Waals surface area contributed by atoms with E-state index in [1.807, 2.05) is 37.3 Å². The van der Waals surface area contributed by atoms with Gasteiger partial charge >= 0.3 is 0 Å². The van der Waals surface area contributed by atoms with Crippen molar-refractivity contribution < 1.29 is 9.50 Å². The Morgan fingerprint density at radius 1 is 1.11 bits per heavy atom. The van der Waals surface area contributed by atoms with Crippen LogP contribution < -0.4 is 0 Å². The lowest BCUT2D eigenvalue weighted by Crippen LogP contribution is -2.09. The maximum Gasteiger partial charge on any atom is 0.126 e. The van der Waals surface area contributed by atoms with Crippen LogP contribution in [-0.2, 0) is 6.42 Å². The summed E-state index contributed by atoms with van der Waals surface area (Å²) in [6.45, 7) is 2.04. The third-order valence-electron chi connectivity index (χ3n) is 3.16. The van der Waals surface area contributed by atoms with Gasteiger partial charge in [-0.1, -0.05) is 48.0 Å². The topological polar surface area (TPSA) is 20.2 Å². The average molecular weight is 244 g/mol. The third-order valence-corrected chi connectivity index (χ3v) is 3.16. The zero-order valence-electron chi connectivity index (χ0n) is 10.4. The lowest BCUT2D eigenvalue weighted by atomic mass is 9.91. The Hall–Kier alpha value is -1.67. The van der Waals surface area contributed by atoms with Crippen LogP contribution in [0.25, 0.3) is 0 Å². The average Bonchev–Trinajstić information content (AvgIpc) is 2.38. The molecule has 2 rings (SSSR count). The van der Waals surface area contributed by atoms with E-state index in [-0.39, 0.29) is 18.3 Å². The Labute approximate surface area is 107 Å².